The van der Waals surface area contributed by atoms with Crippen LogP contribution in [0.15, 0.2) is 27.9 Å². The predicted molar refractivity (Wildman–Crippen MR) is 140 cm³/mol. The molecule has 0 amide bonds. The van der Waals surface area contributed by atoms with Gasteiger partial charge in [-0.15, -0.1) is 0 Å². The molecule has 1 aliphatic heterocycles. The number of hydrogen-bond acceptors (Lipinski definition) is 7. The highest BCUT2D eigenvalue weighted by molar-refractivity contribution is 7.89. The highest BCUT2D eigenvalue weighted by Gasteiger charge is 2.23. The number of benzene rings is 1. The van der Waals surface area contributed by atoms with Crippen LogP contribution in [0.2, 0.25) is 0 Å². The molecule has 4 rings (SSSR count). The number of ether oxygens (including phenoxy) is 1. The van der Waals surface area contributed by atoms with Crippen molar-refractivity contribution in [3.8, 4) is 17.1 Å². The number of fused-ring (bicyclic) bond motifs is 1. The summed E-state index contributed by atoms with van der Waals surface area (Å²) in [6, 6.07) is 3.08. The molecule has 3 heterocycles. The van der Waals surface area contributed by atoms with Crippen molar-refractivity contribution in [3.63, 3.8) is 0 Å². The number of nitrogens with zero attached hydrogens (tertiary/aromatic N) is 4. The van der Waals surface area contributed by atoms with Crippen LogP contribution >= 0.6 is 0 Å². The Morgan fingerprint density at radius 2 is 2.25 bits per heavy atom. The normalized spacial score (nSPS) is 24.0. The molecule has 196 valence electrons. The third kappa shape index (κ3) is 5.47. The number of aromatic nitrogens is 4. The molecule has 1 fully saturated rings. The number of sulfonamides is 1. The Morgan fingerprint density at radius 1 is 1.36 bits per heavy atom. The third-order valence-electron chi connectivity index (χ3n) is 5.84. The standard InChI is InChI=1S/C25H36N6O4S/c1-5-8-20-22-23(31(4)29-20)25(32)28-24(27-22)19-16-18(10-11-21(19)35-15-6-2)36(33,34)26-13-12-17-9-7-14-30(17)3/h10-11,16-17,26H,5-9,12-15H2,1-4H3,(H,27,28,32)/i1D3,3D3,4D3,5D2,13D. The van der Waals surface area contributed by atoms with Gasteiger partial charge in [0.25, 0.3) is 5.56 Å². The number of hydrogen-bond donors (Lipinski definition) is 2. The van der Waals surface area contributed by atoms with Crippen LogP contribution in [0.4, 0.5) is 0 Å². The maximum Gasteiger partial charge on any atom is 0.277 e. The zero-order valence-corrected chi connectivity index (χ0v) is 20.5. The van der Waals surface area contributed by atoms with Crippen molar-refractivity contribution < 1.29 is 29.6 Å². The monoisotopic (exact) mass is 528 g/mol. The van der Waals surface area contributed by atoms with Crippen LogP contribution in [0, 0.1) is 0 Å². The van der Waals surface area contributed by atoms with Crippen molar-refractivity contribution in [3.05, 3.63) is 34.2 Å². The minimum atomic E-state index is -4.41. The summed E-state index contributed by atoms with van der Waals surface area (Å²) in [5.74, 6) is -0.235. The zero-order chi connectivity index (χ0) is 36.0. The van der Waals surface area contributed by atoms with Gasteiger partial charge in [-0.2, -0.15) is 5.10 Å². The number of aryl methyl sites for hydroxylation is 2. The van der Waals surface area contributed by atoms with E-state index in [4.69, 9.17) is 21.2 Å². The smallest absolute Gasteiger partial charge is 0.277 e. The van der Waals surface area contributed by atoms with E-state index < -0.39 is 78.5 Å². The Morgan fingerprint density at radius 3 is 3.03 bits per heavy atom. The average Bonchev–Trinajstić information content (AvgIpc) is 3.55. The molecule has 0 saturated carbocycles. The molecule has 11 heteroatoms. The van der Waals surface area contributed by atoms with Gasteiger partial charge in [0.1, 0.15) is 17.1 Å². The number of rotatable bonds is 11. The lowest BCUT2D eigenvalue weighted by atomic mass is 10.1. The number of aromatic amines is 1. The van der Waals surface area contributed by atoms with E-state index in [0.29, 0.717) is 30.5 Å². The van der Waals surface area contributed by atoms with E-state index in [1.807, 2.05) is 6.92 Å². The number of nitrogens with one attached hydrogen (secondary N) is 2. The summed E-state index contributed by atoms with van der Waals surface area (Å²) in [6.07, 6.45) is -2.29. The van der Waals surface area contributed by atoms with Gasteiger partial charge in [0, 0.05) is 36.0 Å². The van der Waals surface area contributed by atoms with Gasteiger partial charge in [0.05, 0.1) is 22.8 Å². The lowest BCUT2D eigenvalue weighted by molar-refractivity contribution is 0.297. The van der Waals surface area contributed by atoms with E-state index in [2.05, 4.69) is 19.8 Å². The first-order chi connectivity index (χ1) is 22.0. The topological polar surface area (TPSA) is 122 Å². The number of likely N-dealkylation sites (tertiary alicyclic amines) is 1. The van der Waals surface area contributed by atoms with E-state index in [1.165, 1.54) is 17.0 Å². The van der Waals surface area contributed by atoms with Crippen LogP contribution in [0.25, 0.3) is 22.4 Å². The second-order valence-corrected chi connectivity index (χ2v) is 10.1. The van der Waals surface area contributed by atoms with Crippen LogP contribution in [-0.2, 0) is 23.4 Å². The first-order valence-electron chi connectivity index (χ1n) is 17.5. The van der Waals surface area contributed by atoms with Gasteiger partial charge in [0.2, 0.25) is 10.0 Å². The van der Waals surface area contributed by atoms with Gasteiger partial charge in [-0.05, 0) is 63.8 Å². The Bertz CT molecular complexity index is 1800. The fraction of sp³-hybridized carbons (Fsp3) is 0.560. The fourth-order valence-electron chi connectivity index (χ4n) is 4.05. The lowest BCUT2D eigenvalue weighted by Gasteiger charge is -2.19. The predicted octanol–water partition coefficient (Wildman–Crippen LogP) is 2.83. The van der Waals surface area contributed by atoms with Gasteiger partial charge in [-0.3, -0.25) is 9.48 Å². The molecule has 2 unspecified atom stereocenters. The van der Waals surface area contributed by atoms with E-state index in [1.54, 1.807) is 0 Å². The number of H-pyrrole nitrogens is 1. The van der Waals surface area contributed by atoms with Crippen molar-refractivity contribution in [2.75, 3.05) is 26.6 Å². The van der Waals surface area contributed by atoms with Crippen LogP contribution in [0.5, 0.6) is 5.75 Å². The molecular formula is C25H36N6O4S. The van der Waals surface area contributed by atoms with Crippen LogP contribution in [-0.4, -0.2) is 65.8 Å². The summed E-state index contributed by atoms with van der Waals surface area (Å²) in [4.78, 5) is 21.0. The van der Waals surface area contributed by atoms with Gasteiger partial charge < -0.3 is 14.6 Å². The largest absolute Gasteiger partial charge is 0.493 e. The van der Waals surface area contributed by atoms with Crippen molar-refractivity contribution in [2.45, 2.75) is 63.2 Å². The van der Waals surface area contributed by atoms with Crippen molar-refractivity contribution in [1.82, 2.24) is 29.4 Å². The molecule has 10 nitrogen and oxygen atoms in total. The highest BCUT2D eigenvalue weighted by Crippen LogP contribution is 2.31. The molecule has 36 heavy (non-hydrogen) atoms. The molecule has 3 aromatic rings. The molecule has 1 saturated heterocycles. The molecule has 1 aromatic carbocycles. The average molecular weight is 529 g/mol. The zero-order valence-electron chi connectivity index (χ0n) is 31.7. The van der Waals surface area contributed by atoms with Gasteiger partial charge in [-0.1, -0.05) is 20.1 Å². The Hall–Kier alpha value is -2.76. The van der Waals surface area contributed by atoms with Crippen molar-refractivity contribution in [1.29, 1.82) is 0 Å². The summed E-state index contributed by atoms with van der Waals surface area (Å²) in [5, 5.41) is 3.86. The van der Waals surface area contributed by atoms with Crippen molar-refractivity contribution in [2.24, 2.45) is 6.98 Å². The van der Waals surface area contributed by atoms with Gasteiger partial charge in [0.15, 0.2) is 5.52 Å². The summed E-state index contributed by atoms with van der Waals surface area (Å²) >= 11 is 0. The van der Waals surface area contributed by atoms with Crippen molar-refractivity contribution >= 4 is 21.1 Å². The van der Waals surface area contributed by atoms with E-state index >= 15 is 0 Å². The Kier molecular flexibility index (Phi) is 4.58. The first-order valence-corrected chi connectivity index (χ1v) is 13.0. The second kappa shape index (κ2) is 11.1. The molecule has 0 radical (unpaired) electrons. The summed E-state index contributed by atoms with van der Waals surface area (Å²) < 4.78 is 129. The minimum absolute atomic E-state index is 0.0670. The van der Waals surface area contributed by atoms with Gasteiger partial charge in [-0.25, -0.2) is 18.1 Å². The summed E-state index contributed by atoms with van der Waals surface area (Å²) in [6.45, 7) is -7.67. The molecule has 2 atom stereocenters. The van der Waals surface area contributed by atoms with Gasteiger partial charge >= 0.3 is 0 Å². The van der Waals surface area contributed by atoms with Crippen LogP contribution in [0.1, 0.15) is 68.0 Å². The highest BCUT2D eigenvalue weighted by atomic mass is 32.2. The first kappa shape index (κ1) is 14.8. The van der Waals surface area contributed by atoms with E-state index in [-0.39, 0.29) is 35.1 Å². The SMILES string of the molecule is [2H]C(CC1CCCN1C([2H])([2H])[2H])NS(=O)(=O)c1ccc(OCCC)c(-c2nc3c(CC([2H])([2H])C([2H])([2H])[2H])nn(C([2H])([2H])[2H])c3c(=O)[nH]2)c1. The molecule has 2 N–H and O–H groups in total. The maximum atomic E-state index is 13.4. The lowest BCUT2D eigenvalue weighted by Crippen LogP contribution is -2.31. The van der Waals surface area contributed by atoms with E-state index in [0.717, 1.165) is 6.07 Å². The second-order valence-electron chi connectivity index (χ2n) is 8.38. The molecule has 0 aliphatic carbocycles. The molecule has 1 aliphatic rings. The quantitative estimate of drug-likeness (QED) is 0.392. The summed E-state index contributed by atoms with van der Waals surface area (Å²) in [7, 11) is -4.41. The molecular weight excluding hydrogens is 480 g/mol. The fourth-order valence-corrected chi connectivity index (χ4v) is 5.03. The molecule has 2 aromatic heterocycles. The van der Waals surface area contributed by atoms with Crippen LogP contribution in [0.3, 0.4) is 0 Å². The maximum absolute atomic E-state index is 13.4. The van der Waals surface area contributed by atoms with Crippen LogP contribution < -0.4 is 15.0 Å². The molecule has 0 spiro atoms. The molecule has 0 bridgehead atoms. The Labute approximate surface area is 229 Å². The van der Waals surface area contributed by atoms with E-state index in [9.17, 15) is 13.2 Å². The third-order valence-corrected chi connectivity index (χ3v) is 7.19. The minimum Gasteiger partial charge on any atom is -0.493 e. The Balaban J connectivity index is 1.80. The summed E-state index contributed by atoms with van der Waals surface area (Å²) in [5.41, 5.74) is -2.51.